The standard InChI is InChI=1S/C25H47N3O3SSi/c1-7-26(8-2)25(27(9-3)10-4,28(11-5)12-6)22-31-33-20-16-19-32-24(29)21-30-23-17-14-13-15-18-23/h13-15,17-18H,7-12,16,19-22,33H2,1-6H3. The number of hydrogen-bond acceptors (Lipinski definition) is 7. The predicted molar refractivity (Wildman–Crippen MR) is 145 cm³/mol. The fourth-order valence-electron chi connectivity index (χ4n) is 4.47. The van der Waals surface area contributed by atoms with E-state index in [0.29, 0.717) is 0 Å². The smallest absolute Gasteiger partial charge is 0.226 e. The highest BCUT2D eigenvalue weighted by Gasteiger charge is 2.44. The first-order valence-corrected chi connectivity index (χ1v) is 15.3. The van der Waals surface area contributed by atoms with E-state index in [1.165, 1.54) is 11.8 Å². The van der Waals surface area contributed by atoms with E-state index in [4.69, 9.17) is 9.16 Å². The highest BCUT2D eigenvalue weighted by molar-refractivity contribution is 8.13. The molecule has 0 atom stereocenters. The number of carbonyl (C=O) groups excluding carboxylic acids is 1. The second-order valence-corrected chi connectivity index (χ2v) is 10.5. The molecule has 190 valence electrons. The topological polar surface area (TPSA) is 45.2 Å². The zero-order valence-corrected chi connectivity index (χ0v) is 24.1. The third-order valence-electron chi connectivity index (χ3n) is 6.15. The molecule has 0 spiro atoms. The van der Waals surface area contributed by atoms with Gasteiger partial charge >= 0.3 is 0 Å². The van der Waals surface area contributed by atoms with Crippen LogP contribution in [0.2, 0.25) is 6.04 Å². The van der Waals surface area contributed by atoms with Gasteiger partial charge in [-0.25, -0.2) is 0 Å². The Balaban J connectivity index is 2.52. The lowest BCUT2D eigenvalue weighted by Crippen LogP contribution is -2.72. The number of ether oxygens (including phenoxy) is 1. The van der Waals surface area contributed by atoms with Gasteiger partial charge in [-0.15, -0.1) is 0 Å². The van der Waals surface area contributed by atoms with Crippen LogP contribution in [0.4, 0.5) is 0 Å². The van der Waals surface area contributed by atoms with Crippen LogP contribution < -0.4 is 4.74 Å². The third kappa shape index (κ3) is 9.34. The maximum atomic E-state index is 12.1. The molecule has 0 aromatic heterocycles. The van der Waals surface area contributed by atoms with Crippen molar-refractivity contribution in [3.63, 3.8) is 0 Å². The number of nitrogens with zero attached hydrogens (tertiary/aromatic N) is 3. The Bertz CT molecular complexity index is 595. The molecule has 0 heterocycles. The number of carbonyl (C=O) groups is 1. The largest absolute Gasteiger partial charge is 0.485 e. The van der Waals surface area contributed by atoms with Crippen LogP contribution >= 0.6 is 11.8 Å². The first-order valence-electron chi connectivity index (χ1n) is 12.7. The number of benzene rings is 1. The summed E-state index contributed by atoms with van der Waals surface area (Å²) < 4.78 is 12.0. The Morgan fingerprint density at radius 3 is 1.88 bits per heavy atom. The molecule has 0 radical (unpaired) electrons. The molecule has 1 aromatic carbocycles. The first kappa shape index (κ1) is 30.1. The Morgan fingerprint density at radius 2 is 1.39 bits per heavy atom. The highest BCUT2D eigenvalue weighted by atomic mass is 32.2. The van der Waals surface area contributed by atoms with Crippen molar-refractivity contribution in [3.8, 4) is 5.75 Å². The molecule has 8 heteroatoms. The minimum atomic E-state index is -0.644. The monoisotopic (exact) mass is 497 g/mol. The van der Waals surface area contributed by atoms with E-state index in [1.807, 2.05) is 30.3 Å². The average molecular weight is 498 g/mol. The maximum Gasteiger partial charge on any atom is 0.226 e. The summed E-state index contributed by atoms with van der Waals surface area (Å²) in [6, 6.07) is 10.6. The molecule has 0 amide bonds. The zero-order valence-electron chi connectivity index (χ0n) is 21.8. The molecule has 1 aromatic rings. The summed E-state index contributed by atoms with van der Waals surface area (Å²) in [6.07, 6.45) is 1.02. The summed E-state index contributed by atoms with van der Waals surface area (Å²) in [5.74, 6) is 1.38. The highest BCUT2D eigenvalue weighted by Crippen LogP contribution is 2.26. The van der Waals surface area contributed by atoms with Gasteiger partial charge < -0.3 is 9.16 Å². The Morgan fingerprint density at radius 1 is 0.879 bits per heavy atom. The Kier molecular flexibility index (Phi) is 16.0. The van der Waals surface area contributed by atoms with Gasteiger partial charge in [-0.2, -0.15) is 0 Å². The van der Waals surface area contributed by atoms with Crippen molar-refractivity contribution in [1.82, 2.24) is 14.7 Å². The van der Waals surface area contributed by atoms with E-state index in [-0.39, 0.29) is 17.5 Å². The molecule has 33 heavy (non-hydrogen) atoms. The lowest BCUT2D eigenvalue weighted by Gasteiger charge is -2.55. The number of likely N-dealkylation sites (N-methyl/N-ethyl adjacent to an activating group) is 3. The van der Waals surface area contributed by atoms with E-state index >= 15 is 0 Å². The number of para-hydroxylation sites is 1. The van der Waals surface area contributed by atoms with E-state index in [9.17, 15) is 4.79 Å². The van der Waals surface area contributed by atoms with Crippen LogP contribution in [-0.4, -0.2) is 93.6 Å². The molecule has 0 N–H and O–H groups in total. The van der Waals surface area contributed by atoms with Gasteiger partial charge in [-0.1, -0.05) is 71.5 Å². The van der Waals surface area contributed by atoms with E-state index < -0.39 is 9.76 Å². The maximum absolute atomic E-state index is 12.1. The minimum absolute atomic E-state index is 0.0880. The molecule has 0 bridgehead atoms. The van der Waals surface area contributed by atoms with Crippen molar-refractivity contribution in [2.24, 2.45) is 0 Å². The molecule has 0 saturated carbocycles. The second kappa shape index (κ2) is 17.5. The van der Waals surface area contributed by atoms with Gasteiger partial charge in [-0.3, -0.25) is 19.5 Å². The number of hydrogen-bond donors (Lipinski definition) is 0. The molecule has 1 rings (SSSR count). The van der Waals surface area contributed by atoms with Crippen LogP contribution in [0.25, 0.3) is 0 Å². The third-order valence-corrected chi connectivity index (χ3v) is 8.37. The van der Waals surface area contributed by atoms with Crippen LogP contribution in [0.5, 0.6) is 5.75 Å². The molecule has 0 fully saturated rings. The lowest BCUT2D eigenvalue weighted by molar-refractivity contribution is -0.181. The summed E-state index contributed by atoms with van der Waals surface area (Å²) >= 11 is 1.37. The molecule has 6 nitrogen and oxygen atoms in total. The van der Waals surface area contributed by atoms with Gasteiger partial charge in [0.25, 0.3) is 0 Å². The van der Waals surface area contributed by atoms with Crippen molar-refractivity contribution in [3.05, 3.63) is 30.3 Å². The molecule has 0 saturated heterocycles. The van der Waals surface area contributed by atoms with Gasteiger partial charge in [-0.05, 0) is 63.9 Å². The number of rotatable bonds is 19. The van der Waals surface area contributed by atoms with Gasteiger partial charge in [0.05, 0.1) is 6.61 Å². The van der Waals surface area contributed by atoms with E-state index in [1.54, 1.807) is 0 Å². The van der Waals surface area contributed by atoms with Crippen LogP contribution in [0.15, 0.2) is 30.3 Å². The van der Waals surface area contributed by atoms with Crippen LogP contribution in [0.1, 0.15) is 48.0 Å². The quantitative estimate of drug-likeness (QED) is 0.163. The fraction of sp³-hybridized carbons (Fsp3) is 0.720. The van der Waals surface area contributed by atoms with Gasteiger partial charge in [0.1, 0.15) is 5.75 Å². The summed E-state index contributed by atoms with van der Waals surface area (Å²) in [7, 11) is -0.644. The van der Waals surface area contributed by atoms with Crippen molar-refractivity contribution in [2.45, 2.75) is 59.8 Å². The van der Waals surface area contributed by atoms with Gasteiger partial charge in [0.2, 0.25) is 5.12 Å². The van der Waals surface area contributed by atoms with Gasteiger partial charge in [0.15, 0.2) is 22.2 Å². The SMILES string of the molecule is CCN(CC)C(CO[SiH2]CCCSC(=O)COc1ccccc1)(N(CC)CC)N(CC)CC. The minimum Gasteiger partial charge on any atom is -0.485 e. The summed E-state index contributed by atoms with van der Waals surface area (Å²) in [6.45, 7) is 20.3. The molecule has 0 aliphatic heterocycles. The lowest BCUT2D eigenvalue weighted by atomic mass is 10.1. The summed E-state index contributed by atoms with van der Waals surface area (Å²) in [5.41, 5.74) is 0. The summed E-state index contributed by atoms with van der Waals surface area (Å²) in [5, 5.41) is 0.0880. The van der Waals surface area contributed by atoms with Crippen molar-refractivity contribution in [2.75, 3.05) is 58.2 Å². The molecule has 0 aliphatic rings. The molecule has 0 aliphatic carbocycles. The van der Waals surface area contributed by atoms with E-state index in [2.05, 4.69) is 56.2 Å². The van der Waals surface area contributed by atoms with Crippen molar-refractivity contribution in [1.29, 1.82) is 0 Å². The van der Waals surface area contributed by atoms with Crippen molar-refractivity contribution < 1.29 is 14.0 Å². The van der Waals surface area contributed by atoms with E-state index in [0.717, 1.165) is 69.8 Å². The number of thioether (sulfide) groups is 1. The van der Waals surface area contributed by atoms with Crippen molar-refractivity contribution >= 4 is 26.6 Å². The fourth-order valence-corrected chi connectivity index (χ4v) is 6.62. The Labute approximate surface area is 209 Å². The normalized spacial score (nSPS) is 12.5. The Hall–Kier alpha value is -0.903. The van der Waals surface area contributed by atoms with Crippen LogP contribution in [0, 0.1) is 0 Å². The zero-order chi connectivity index (χ0) is 24.5. The molecule has 0 unspecified atom stereocenters. The molecular formula is C25H47N3O3SSi. The van der Waals surface area contributed by atoms with Gasteiger partial charge in [0, 0.05) is 5.75 Å². The molecular weight excluding hydrogens is 450 g/mol. The van der Waals surface area contributed by atoms with Crippen LogP contribution in [-0.2, 0) is 9.22 Å². The predicted octanol–water partition coefficient (Wildman–Crippen LogP) is 3.91. The van der Waals surface area contributed by atoms with Crippen LogP contribution in [0.3, 0.4) is 0 Å². The second-order valence-electron chi connectivity index (χ2n) is 7.87. The summed E-state index contributed by atoms with van der Waals surface area (Å²) in [4.78, 5) is 19.7. The average Bonchev–Trinajstić information content (AvgIpc) is 2.84. The first-order chi connectivity index (χ1) is 16.0.